The summed E-state index contributed by atoms with van der Waals surface area (Å²) in [6, 6.07) is 5.22. The predicted octanol–water partition coefficient (Wildman–Crippen LogP) is 6.71. The molecule has 3 rings (SSSR count). The molecule has 1 fully saturated rings. The highest BCUT2D eigenvalue weighted by Gasteiger charge is 2.18. The van der Waals surface area contributed by atoms with Gasteiger partial charge in [-0.2, -0.15) is 0 Å². The van der Waals surface area contributed by atoms with Crippen LogP contribution >= 0.6 is 0 Å². The molecule has 0 aliphatic carbocycles. The van der Waals surface area contributed by atoms with Crippen LogP contribution in [0.4, 0.5) is 4.39 Å². The molecule has 0 amide bonds. The molecular formula is C25H35FN2. The van der Waals surface area contributed by atoms with Crippen LogP contribution in [0, 0.1) is 11.7 Å². The van der Waals surface area contributed by atoms with Crippen molar-refractivity contribution in [2.75, 3.05) is 13.1 Å². The normalized spacial score (nSPS) is 16.7. The van der Waals surface area contributed by atoms with Crippen molar-refractivity contribution in [1.29, 1.82) is 0 Å². The topological polar surface area (TPSA) is 8.17 Å². The third kappa shape index (κ3) is 5.57. The highest BCUT2D eigenvalue weighted by Crippen LogP contribution is 2.26. The van der Waals surface area contributed by atoms with E-state index in [1.807, 2.05) is 6.07 Å². The molecule has 2 heterocycles. The van der Waals surface area contributed by atoms with Crippen LogP contribution in [0.2, 0.25) is 0 Å². The van der Waals surface area contributed by atoms with Gasteiger partial charge >= 0.3 is 0 Å². The number of hydrogen-bond donors (Lipinski definition) is 0. The van der Waals surface area contributed by atoms with Crippen LogP contribution in [-0.4, -0.2) is 22.6 Å². The molecule has 0 unspecified atom stereocenters. The van der Waals surface area contributed by atoms with Gasteiger partial charge in [-0.05, 0) is 89.2 Å². The SMILES string of the molecule is CC(C)=CCC/C(C)=C/Cn1cc(CN2CCC(C)CC2)c2cc(F)ccc21. The van der Waals surface area contributed by atoms with Crippen LogP contribution in [0.3, 0.4) is 0 Å². The van der Waals surface area contributed by atoms with E-state index in [4.69, 9.17) is 0 Å². The zero-order chi connectivity index (χ0) is 20.1. The molecular weight excluding hydrogens is 347 g/mol. The summed E-state index contributed by atoms with van der Waals surface area (Å²) in [6.07, 6.45) is 11.6. The first-order chi connectivity index (χ1) is 13.4. The minimum Gasteiger partial charge on any atom is -0.343 e. The van der Waals surface area contributed by atoms with Gasteiger partial charge in [0.2, 0.25) is 0 Å². The van der Waals surface area contributed by atoms with E-state index in [0.717, 1.165) is 55.8 Å². The molecule has 1 aliphatic heterocycles. The summed E-state index contributed by atoms with van der Waals surface area (Å²) in [5, 5.41) is 1.06. The second kappa shape index (κ2) is 9.56. The van der Waals surface area contributed by atoms with Gasteiger partial charge < -0.3 is 4.57 Å². The number of rotatable bonds is 7. The Morgan fingerprint density at radius 3 is 2.61 bits per heavy atom. The Balaban J connectivity index is 1.76. The maximum Gasteiger partial charge on any atom is 0.123 e. The first-order valence-corrected chi connectivity index (χ1v) is 10.7. The number of piperidine rings is 1. The zero-order valence-corrected chi connectivity index (χ0v) is 18.0. The molecule has 0 radical (unpaired) electrons. The summed E-state index contributed by atoms with van der Waals surface area (Å²) >= 11 is 0. The summed E-state index contributed by atoms with van der Waals surface area (Å²) in [5.41, 5.74) is 5.17. The second-order valence-corrected chi connectivity index (χ2v) is 8.80. The van der Waals surface area contributed by atoms with E-state index < -0.39 is 0 Å². The van der Waals surface area contributed by atoms with E-state index in [0.29, 0.717) is 0 Å². The van der Waals surface area contributed by atoms with E-state index in [1.165, 1.54) is 29.6 Å². The number of halogens is 1. The van der Waals surface area contributed by atoms with Gasteiger partial charge in [-0.3, -0.25) is 4.90 Å². The average Bonchev–Trinajstić information content (AvgIpc) is 2.98. The lowest BCUT2D eigenvalue weighted by molar-refractivity contribution is 0.186. The fourth-order valence-corrected chi connectivity index (χ4v) is 4.03. The molecule has 3 heteroatoms. The Kier molecular flexibility index (Phi) is 7.12. The zero-order valence-electron chi connectivity index (χ0n) is 18.0. The van der Waals surface area contributed by atoms with Crippen molar-refractivity contribution >= 4 is 10.9 Å². The fraction of sp³-hybridized carbons (Fsp3) is 0.520. The molecule has 1 aliphatic rings. The molecule has 1 aromatic heterocycles. The number of benzene rings is 1. The van der Waals surface area contributed by atoms with Crippen LogP contribution in [0.5, 0.6) is 0 Å². The Bertz CT molecular complexity index is 847. The summed E-state index contributed by atoms with van der Waals surface area (Å²) < 4.78 is 16.2. The quantitative estimate of drug-likeness (QED) is 0.483. The Morgan fingerprint density at radius 1 is 1.14 bits per heavy atom. The van der Waals surface area contributed by atoms with Gasteiger partial charge in [0, 0.05) is 30.2 Å². The minimum atomic E-state index is -0.146. The molecule has 0 atom stereocenters. The van der Waals surface area contributed by atoms with Gasteiger partial charge in [0.25, 0.3) is 0 Å². The van der Waals surface area contributed by atoms with Crippen molar-refractivity contribution < 1.29 is 4.39 Å². The highest BCUT2D eigenvalue weighted by molar-refractivity contribution is 5.84. The van der Waals surface area contributed by atoms with Gasteiger partial charge in [0.1, 0.15) is 5.82 Å². The molecule has 1 saturated heterocycles. The van der Waals surface area contributed by atoms with Gasteiger partial charge in [0.05, 0.1) is 0 Å². The molecule has 0 N–H and O–H groups in total. The largest absolute Gasteiger partial charge is 0.343 e. The lowest BCUT2D eigenvalue weighted by Crippen LogP contribution is -2.32. The summed E-state index contributed by atoms with van der Waals surface area (Å²) in [4.78, 5) is 2.52. The lowest BCUT2D eigenvalue weighted by atomic mass is 9.99. The van der Waals surface area contributed by atoms with Crippen LogP contribution in [0.25, 0.3) is 10.9 Å². The number of nitrogens with zero attached hydrogens (tertiary/aromatic N) is 2. The molecule has 28 heavy (non-hydrogen) atoms. The first-order valence-electron chi connectivity index (χ1n) is 10.7. The molecule has 2 nitrogen and oxygen atoms in total. The summed E-state index contributed by atoms with van der Waals surface area (Å²) in [7, 11) is 0. The third-order valence-electron chi connectivity index (χ3n) is 5.92. The number of hydrogen-bond acceptors (Lipinski definition) is 1. The lowest BCUT2D eigenvalue weighted by Gasteiger charge is -2.29. The maximum absolute atomic E-state index is 13.9. The Labute approximate surface area is 169 Å². The molecule has 0 bridgehead atoms. The predicted molar refractivity (Wildman–Crippen MR) is 118 cm³/mol. The van der Waals surface area contributed by atoms with E-state index in [9.17, 15) is 4.39 Å². The number of likely N-dealkylation sites (tertiary alicyclic amines) is 1. The van der Waals surface area contributed by atoms with Crippen LogP contribution in [0.15, 0.2) is 47.7 Å². The van der Waals surface area contributed by atoms with Gasteiger partial charge in [-0.15, -0.1) is 0 Å². The molecule has 0 saturated carbocycles. The van der Waals surface area contributed by atoms with Crippen molar-refractivity contribution in [3.8, 4) is 0 Å². The van der Waals surface area contributed by atoms with Crippen molar-refractivity contribution in [3.63, 3.8) is 0 Å². The van der Waals surface area contributed by atoms with Gasteiger partial charge in [-0.1, -0.05) is 30.2 Å². The fourth-order valence-electron chi connectivity index (χ4n) is 4.03. The summed E-state index contributed by atoms with van der Waals surface area (Å²) in [6.45, 7) is 12.9. The first kappa shape index (κ1) is 20.9. The molecule has 0 spiro atoms. The minimum absolute atomic E-state index is 0.146. The molecule has 2 aromatic rings. The van der Waals surface area contributed by atoms with Crippen LogP contribution < -0.4 is 0 Å². The second-order valence-electron chi connectivity index (χ2n) is 8.80. The van der Waals surface area contributed by atoms with Crippen LogP contribution in [0.1, 0.15) is 58.9 Å². The standard InChI is InChI=1S/C25H35FN2/c1-19(2)6-5-7-20(3)12-15-28-18-22(17-27-13-10-21(4)11-14-27)24-16-23(26)8-9-25(24)28/h6,8-9,12,16,18,21H,5,7,10-11,13-15,17H2,1-4H3/b20-12+. The van der Waals surface area contributed by atoms with Crippen molar-refractivity contribution in [3.05, 3.63) is 59.1 Å². The number of fused-ring (bicyclic) bond motifs is 1. The van der Waals surface area contributed by atoms with Crippen molar-refractivity contribution in [2.45, 2.75) is 66.5 Å². The Hall–Kier alpha value is -1.87. The molecule has 152 valence electrons. The third-order valence-corrected chi connectivity index (χ3v) is 5.92. The van der Waals surface area contributed by atoms with E-state index in [-0.39, 0.29) is 5.82 Å². The molecule has 1 aromatic carbocycles. The Morgan fingerprint density at radius 2 is 1.89 bits per heavy atom. The van der Waals surface area contributed by atoms with E-state index >= 15 is 0 Å². The monoisotopic (exact) mass is 382 g/mol. The smallest absolute Gasteiger partial charge is 0.123 e. The van der Waals surface area contributed by atoms with E-state index in [2.05, 4.69) is 55.5 Å². The van der Waals surface area contributed by atoms with Crippen molar-refractivity contribution in [2.24, 2.45) is 5.92 Å². The van der Waals surface area contributed by atoms with E-state index in [1.54, 1.807) is 12.1 Å². The summed E-state index contributed by atoms with van der Waals surface area (Å²) in [5.74, 6) is 0.682. The number of allylic oxidation sites excluding steroid dienone is 4. The highest BCUT2D eigenvalue weighted by atomic mass is 19.1. The van der Waals surface area contributed by atoms with Gasteiger partial charge in [0.15, 0.2) is 0 Å². The number of aromatic nitrogens is 1. The van der Waals surface area contributed by atoms with Crippen LogP contribution in [-0.2, 0) is 13.1 Å². The maximum atomic E-state index is 13.9. The van der Waals surface area contributed by atoms with Crippen molar-refractivity contribution in [1.82, 2.24) is 9.47 Å². The average molecular weight is 383 g/mol. The van der Waals surface area contributed by atoms with Gasteiger partial charge in [-0.25, -0.2) is 4.39 Å².